The van der Waals surface area contributed by atoms with Gasteiger partial charge in [0, 0.05) is 19.6 Å². The maximum atomic E-state index is 12.6. The zero-order chi connectivity index (χ0) is 15.7. The van der Waals surface area contributed by atoms with Crippen molar-refractivity contribution in [2.75, 3.05) is 20.1 Å². The highest BCUT2D eigenvalue weighted by atomic mass is 32.2. The minimum atomic E-state index is -3.93. The third kappa shape index (κ3) is 3.61. The summed E-state index contributed by atoms with van der Waals surface area (Å²) in [6.45, 7) is 1.47. The van der Waals surface area contributed by atoms with Crippen molar-refractivity contribution in [3.8, 4) is 0 Å². The van der Waals surface area contributed by atoms with Crippen LogP contribution in [0.25, 0.3) is 0 Å². The summed E-state index contributed by atoms with van der Waals surface area (Å²) < 4.78 is 49.1. The molecule has 1 unspecified atom stereocenters. The fraction of sp³-hybridized carbons (Fsp3) is 0.500. The van der Waals surface area contributed by atoms with Gasteiger partial charge in [-0.05, 0) is 37.6 Å². The van der Waals surface area contributed by atoms with Gasteiger partial charge in [-0.2, -0.15) is 4.31 Å². The lowest BCUT2D eigenvalue weighted by Gasteiger charge is -2.30. The van der Waals surface area contributed by atoms with Crippen molar-refractivity contribution in [2.45, 2.75) is 28.7 Å². The second-order valence-corrected chi connectivity index (χ2v) is 8.60. The third-order valence-electron chi connectivity index (χ3n) is 3.60. The zero-order valence-electron chi connectivity index (χ0n) is 11.7. The summed E-state index contributed by atoms with van der Waals surface area (Å²) >= 11 is 0. The average Bonchev–Trinajstić information content (AvgIpc) is 2.46. The Kier molecular flexibility index (Phi) is 4.69. The van der Waals surface area contributed by atoms with Crippen LogP contribution < -0.4 is 10.5 Å². The number of nitrogens with two attached hydrogens (primary N) is 1. The number of sulfonamides is 2. The highest BCUT2D eigenvalue weighted by molar-refractivity contribution is 7.90. The maximum Gasteiger partial charge on any atom is 0.243 e. The van der Waals surface area contributed by atoms with Crippen molar-refractivity contribution in [1.82, 2.24) is 9.62 Å². The van der Waals surface area contributed by atoms with Crippen LogP contribution in [0.3, 0.4) is 0 Å². The highest BCUT2D eigenvalue weighted by Gasteiger charge is 2.29. The Bertz CT molecular complexity index is 710. The van der Waals surface area contributed by atoms with Gasteiger partial charge in [-0.3, -0.25) is 0 Å². The van der Waals surface area contributed by atoms with Gasteiger partial charge in [0.2, 0.25) is 20.0 Å². The van der Waals surface area contributed by atoms with E-state index in [1.165, 1.54) is 29.6 Å². The van der Waals surface area contributed by atoms with E-state index in [9.17, 15) is 16.8 Å². The summed E-state index contributed by atoms with van der Waals surface area (Å²) in [6.07, 6.45) is 1.68. The molecule has 1 aliphatic rings. The Balaban J connectivity index is 2.35. The zero-order valence-corrected chi connectivity index (χ0v) is 13.3. The lowest BCUT2D eigenvalue weighted by Crippen LogP contribution is -2.46. The summed E-state index contributed by atoms with van der Waals surface area (Å²) in [5.74, 6) is 0. The molecule has 2 rings (SSSR count). The Morgan fingerprint density at radius 2 is 1.90 bits per heavy atom. The fourth-order valence-electron chi connectivity index (χ4n) is 2.32. The number of rotatable bonds is 4. The first-order chi connectivity index (χ1) is 9.73. The summed E-state index contributed by atoms with van der Waals surface area (Å²) in [7, 11) is -6.17. The SMILES string of the molecule is CN(C1CCCNC1)S(=O)(=O)c1cccc(S(N)(=O)=O)c1. The molecule has 0 saturated carbocycles. The van der Waals surface area contributed by atoms with Gasteiger partial charge in [-0.25, -0.2) is 22.0 Å². The van der Waals surface area contributed by atoms with Gasteiger partial charge in [0.1, 0.15) is 0 Å². The van der Waals surface area contributed by atoms with Crippen molar-refractivity contribution in [2.24, 2.45) is 5.14 Å². The second-order valence-electron chi connectivity index (χ2n) is 5.04. The van der Waals surface area contributed by atoms with Crippen LogP contribution in [0.1, 0.15) is 12.8 Å². The minimum Gasteiger partial charge on any atom is -0.315 e. The van der Waals surface area contributed by atoms with Crippen LogP contribution >= 0.6 is 0 Å². The summed E-state index contributed by atoms with van der Waals surface area (Å²) in [5, 5.41) is 8.19. The molecule has 21 heavy (non-hydrogen) atoms. The van der Waals surface area contributed by atoms with Gasteiger partial charge in [-0.1, -0.05) is 6.07 Å². The first kappa shape index (κ1) is 16.4. The van der Waals surface area contributed by atoms with Crippen molar-refractivity contribution >= 4 is 20.0 Å². The standard InChI is InChI=1S/C12H19N3O4S2/c1-15(10-4-3-7-14-9-10)21(18,19)12-6-2-5-11(8-12)20(13,16)17/h2,5-6,8,10,14H,3-4,7,9H2,1H3,(H2,13,16,17). The number of nitrogens with one attached hydrogen (secondary N) is 1. The van der Waals surface area contributed by atoms with Crippen LogP contribution in [-0.2, 0) is 20.0 Å². The molecule has 0 bridgehead atoms. The van der Waals surface area contributed by atoms with Crippen molar-refractivity contribution < 1.29 is 16.8 Å². The molecule has 0 aromatic heterocycles. The topological polar surface area (TPSA) is 110 Å². The van der Waals surface area contributed by atoms with E-state index in [2.05, 4.69) is 5.32 Å². The van der Waals surface area contributed by atoms with Gasteiger partial charge < -0.3 is 5.32 Å². The highest BCUT2D eigenvalue weighted by Crippen LogP contribution is 2.21. The minimum absolute atomic E-state index is 0.0675. The van der Waals surface area contributed by atoms with Gasteiger partial charge in [0.15, 0.2) is 0 Å². The van der Waals surface area contributed by atoms with Crippen molar-refractivity contribution in [3.05, 3.63) is 24.3 Å². The molecule has 0 spiro atoms. The van der Waals surface area contributed by atoms with E-state index in [0.29, 0.717) is 6.54 Å². The molecule has 1 heterocycles. The molecule has 3 N–H and O–H groups in total. The van der Waals surface area contributed by atoms with Crippen LogP contribution in [0.4, 0.5) is 0 Å². The van der Waals surface area contributed by atoms with Gasteiger partial charge in [-0.15, -0.1) is 0 Å². The van der Waals surface area contributed by atoms with Gasteiger partial charge in [0.05, 0.1) is 9.79 Å². The lowest BCUT2D eigenvalue weighted by atomic mass is 10.1. The van der Waals surface area contributed by atoms with Gasteiger partial charge >= 0.3 is 0 Å². The molecular formula is C12H19N3O4S2. The van der Waals surface area contributed by atoms with E-state index < -0.39 is 20.0 Å². The molecule has 1 aromatic rings. The molecule has 0 amide bonds. The van der Waals surface area contributed by atoms with E-state index in [4.69, 9.17) is 5.14 Å². The molecular weight excluding hydrogens is 314 g/mol. The molecule has 7 nitrogen and oxygen atoms in total. The van der Waals surface area contributed by atoms with Crippen LogP contribution in [0, 0.1) is 0 Å². The van der Waals surface area contributed by atoms with Crippen LogP contribution in [0.2, 0.25) is 0 Å². The first-order valence-electron chi connectivity index (χ1n) is 6.54. The summed E-state index contributed by atoms with van der Waals surface area (Å²) in [5.41, 5.74) is 0. The van der Waals surface area contributed by atoms with E-state index in [1.54, 1.807) is 0 Å². The predicted molar refractivity (Wildman–Crippen MR) is 78.7 cm³/mol. The lowest BCUT2D eigenvalue weighted by molar-refractivity contribution is 0.300. The van der Waals surface area contributed by atoms with Crippen LogP contribution in [0.5, 0.6) is 0 Å². The maximum absolute atomic E-state index is 12.6. The molecule has 1 aliphatic heterocycles. The van der Waals surface area contributed by atoms with Crippen LogP contribution in [-0.4, -0.2) is 47.3 Å². The molecule has 1 fully saturated rings. The fourth-order valence-corrected chi connectivity index (χ4v) is 4.38. The van der Waals surface area contributed by atoms with Crippen LogP contribution in [0.15, 0.2) is 34.1 Å². The van der Waals surface area contributed by atoms with E-state index >= 15 is 0 Å². The number of benzene rings is 1. The number of nitrogens with zero attached hydrogens (tertiary/aromatic N) is 1. The Morgan fingerprint density at radius 1 is 1.24 bits per heavy atom. The van der Waals surface area contributed by atoms with E-state index in [1.807, 2.05) is 0 Å². The summed E-state index contributed by atoms with van der Waals surface area (Å²) in [6, 6.07) is 4.98. The van der Waals surface area contributed by atoms with E-state index in [0.717, 1.165) is 25.5 Å². The summed E-state index contributed by atoms with van der Waals surface area (Å²) in [4.78, 5) is -0.277. The monoisotopic (exact) mass is 333 g/mol. The average molecular weight is 333 g/mol. The molecule has 0 radical (unpaired) electrons. The van der Waals surface area contributed by atoms with Crippen molar-refractivity contribution in [1.29, 1.82) is 0 Å². The second kappa shape index (κ2) is 6.01. The predicted octanol–water partition coefficient (Wildman–Crippen LogP) is -0.293. The molecule has 9 heteroatoms. The quantitative estimate of drug-likeness (QED) is 0.786. The first-order valence-corrected chi connectivity index (χ1v) is 9.53. The molecule has 1 saturated heterocycles. The number of hydrogen-bond acceptors (Lipinski definition) is 5. The number of hydrogen-bond donors (Lipinski definition) is 2. The Hall–Kier alpha value is -1.00. The third-order valence-corrected chi connectivity index (χ3v) is 6.41. The Labute approximate surface area is 125 Å². The molecule has 118 valence electrons. The van der Waals surface area contributed by atoms with Crippen molar-refractivity contribution in [3.63, 3.8) is 0 Å². The van der Waals surface area contributed by atoms with E-state index in [-0.39, 0.29) is 15.8 Å². The number of primary sulfonamides is 1. The Morgan fingerprint density at radius 3 is 2.48 bits per heavy atom. The molecule has 1 aromatic carbocycles. The van der Waals surface area contributed by atoms with Gasteiger partial charge in [0.25, 0.3) is 0 Å². The number of likely N-dealkylation sites (N-methyl/N-ethyl adjacent to an activating group) is 1. The largest absolute Gasteiger partial charge is 0.315 e. The smallest absolute Gasteiger partial charge is 0.243 e. The molecule has 1 atom stereocenters. The molecule has 0 aliphatic carbocycles. The number of piperidine rings is 1. The normalized spacial score (nSPS) is 20.6.